The quantitative estimate of drug-likeness (QED) is 0.135. The second-order valence-electron chi connectivity index (χ2n) is 8.52. The van der Waals surface area contributed by atoms with E-state index in [4.69, 9.17) is 16.3 Å². The molecule has 0 fully saturated rings. The number of benzene rings is 3. The zero-order chi connectivity index (χ0) is 28.5. The summed E-state index contributed by atoms with van der Waals surface area (Å²) in [6.07, 6.45) is 0. The summed E-state index contributed by atoms with van der Waals surface area (Å²) in [5.74, 6) is 4.28. The number of methoxy groups -OCH3 is 1. The number of halogens is 1. The molecule has 2 heterocycles. The highest BCUT2D eigenvalue weighted by molar-refractivity contribution is 6.29. The molecule has 0 spiro atoms. The monoisotopic (exact) mass is 557 g/mol. The first-order valence-electron chi connectivity index (χ1n) is 12.2. The fourth-order valence-corrected chi connectivity index (χ4v) is 3.83. The third kappa shape index (κ3) is 8.47. The van der Waals surface area contributed by atoms with E-state index in [9.17, 15) is 10.2 Å². The minimum atomic E-state index is 0.195. The Hall–Kier alpha value is -5.09. The molecule has 2 aromatic heterocycles. The van der Waals surface area contributed by atoms with E-state index >= 15 is 0 Å². The van der Waals surface area contributed by atoms with Gasteiger partial charge < -0.3 is 30.9 Å². The van der Waals surface area contributed by atoms with Crippen LogP contribution in [0.3, 0.4) is 0 Å². The van der Waals surface area contributed by atoms with E-state index in [1.807, 2.05) is 43.3 Å². The lowest BCUT2D eigenvalue weighted by Gasteiger charge is -2.11. The number of phenolic OH excluding ortho intramolecular Hbond substituents is 2. The van der Waals surface area contributed by atoms with Crippen molar-refractivity contribution in [1.29, 1.82) is 0 Å². The topological polar surface area (TPSA) is 137 Å². The van der Waals surface area contributed by atoms with Crippen LogP contribution < -0.4 is 20.7 Å². The minimum Gasteiger partial charge on any atom is -0.508 e. The lowest BCUT2D eigenvalue weighted by molar-refractivity contribution is 0.415. The highest BCUT2D eigenvalue weighted by atomic mass is 35.5. The van der Waals surface area contributed by atoms with Crippen LogP contribution >= 0.6 is 11.6 Å². The number of phenols is 2. The first kappa shape index (κ1) is 27.9. The van der Waals surface area contributed by atoms with Crippen molar-refractivity contribution in [3.05, 3.63) is 102 Å². The van der Waals surface area contributed by atoms with Gasteiger partial charge in [-0.3, -0.25) is 0 Å². The molecule has 40 heavy (non-hydrogen) atoms. The van der Waals surface area contributed by atoms with Crippen molar-refractivity contribution in [1.82, 2.24) is 19.9 Å². The normalized spacial score (nSPS) is 10.2. The lowest BCUT2D eigenvalue weighted by Crippen LogP contribution is -2.01. The fraction of sp³-hybridized carbons (Fsp3) is 0.103. The van der Waals surface area contributed by atoms with E-state index in [-0.39, 0.29) is 11.5 Å². The first-order chi connectivity index (χ1) is 19.2. The maximum absolute atomic E-state index is 9.55. The highest BCUT2D eigenvalue weighted by Gasteiger charge is 2.05. The van der Waals surface area contributed by atoms with E-state index in [0.29, 0.717) is 34.3 Å². The van der Waals surface area contributed by atoms with Gasteiger partial charge in [0, 0.05) is 47.4 Å². The molecule has 3 aromatic carbocycles. The molecular weight excluding hydrogens is 530 g/mol. The number of aromatic nitrogens is 4. The maximum Gasteiger partial charge on any atom is 0.136 e. The molecule has 5 rings (SSSR count). The van der Waals surface area contributed by atoms with Crippen molar-refractivity contribution in [2.45, 2.75) is 13.8 Å². The van der Waals surface area contributed by atoms with Gasteiger partial charge in [0.1, 0.15) is 51.5 Å². The number of nitrogens with one attached hydrogen (secondary N) is 3. The molecule has 0 aliphatic rings. The average Bonchev–Trinajstić information content (AvgIpc) is 2.88. The zero-order valence-corrected chi connectivity index (χ0v) is 22.8. The van der Waals surface area contributed by atoms with Gasteiger partial charge in [-0.25, -0.2) is 19.9 Å². The van der Waals surface area contributed by atoms with Gasteiger partial charge in [0.2, 0.25) is 0 Å². The Morgan fingerprint density at radius 2 is 1.05 bits per heavy atom. The Kier molecular flexibility index (Phi) is 9.16. The van der Waals surface area contributed by atoms with Crippen molar-refractivity contribution < 1.29 is 14.9 Å². The molecule has 0 amide bonds. The number of anilines is 6. The number of rotatable bonds is 7. The van der Waals surface area contributed by atoms with Crippen molar-refractivity contribution in [2.24, 2.45) is 0 Å². The molecule has 0 radical (unpaired) electrons. The van der Waals surface area contributed by atoms with Crippen LogP contribution in [-0.4, -0.2) is 37.3 Å². The van der Waals surface area contributed by atoms with Gasteiger partial charge in [0.15, 0.2) is 0 Å². The van der Waals surface area contributed by atoms with Crippen LogP contribution in [-0.2, 0) is 0 Å². The molecule has 0 unspecified atom stereocenters. The lowest BCUT2D eigenvalue weighted by atomic mass is 10.3. The average molecular weight is 558 g/mol. The molecule has 0 aliphatic carbocycles. The second-order valence-corrected chi connectivity index (χ2v) is 8.90. The van der Waals surface area contributed by atoms with Gasteiger partial charge in [-0.05, 0) is 50.2 Å². The summed E-state index contributed by atoms with van der Waals surface area (Å²) in [6.45, 7) is 3.59. The summed E-state index contributed by atoms with van der Waals surface area (Å²) in [5.41, 5.74) is 2.37. The molecule has 204 valence electrons. The van der Waals surface area contributed by atoms with Crippen molar-refractivity contribution in [3.63, 3.8) is 0 Å². The molecule has 5 aromatic rings. The van der Waals surface area contributed by atoms with Crippen LogP contribution in [0.1, 0.15) is 11.6 Å². The molecule has 10 nitrogen and oxygen atoms in total. The molecular formula is C29H28ClN7O3. The van der Waals surface area contributed by atoms with E-state index in [1.165, 1.54) is 0 Å². The Balaban J connectivity index is 0.000000201. The van der Waals surface area contributed by atoms with Gasteiger partial charge in [0.05, 0.1) is 7.11 Å². The second kappa shape index (κ2) is 13.1. The van der Waals surface area contributed by atoms with Gasteiger partial charge >= 0.3 is 0 Å². The van der Waals surface area contributed by atoms with Crippen LogP contribution in [0.15, 0.2) is 84.9 Å². The third-order valence-corrected chi connectivity index (χ3v) is 5.42. The van der Waals surface area contributed by atoms with E-state index in [1.54, 1.807) is 62.6 Å². The number of hydrogen-bond donors (Lipinski definition) is 5. The van der Waals surface area contributed by atoms with E-state index in [2.05, 4.69) is 35.9 Å². The summed E-state index contributed by atoms with van der Waals surface area (Å²) in [6, 6.07) is 24.7. The van der Waals surface area contributed by atoms with Gasteiger partial charge in [-0.2, -0.15) is 0 Å². The van der Waals surface area contributed by atoms with Gasteiger partial charge in [-0.1, -0.05) is 29.8 Å². The number of aryl methyl sites for hydroxylation is 2. The van der Waals surface area contributed by atoms with Crippen molar-refractivity contribution >= 4 is 46.1 Å². The van der Waals surface area contributed by atoms with Crippen LogP contribution in [0.4, 0.5) is 34.5 Å². The SMILES string of the molecule is COc1cccc(Nc2cc(Nc3cccc(O)c3)nc(C)n2)c1.Cc1nc(Cl)cc(Nc2cccc(O)c2)n1. The van der Waals surface area contributed by atoms with Crippen molar-refractivity contribution in [3.8, 4) is 17.2 Å². The smallest absolute Gasteiger partial charge is 0.136 e. The molecule has 0 aliphatic heterocycles. The van der Waals surface area contributed by atoms with Crippen LogP contribution in [0, 0.1) is 13.8 Å². The van der Waals surface area contributed by atoms with Gasteiger partial charge in [0.25, 0.3) is 0 Å². The number of nitrogens with zero attached hydrogens (tertiary/aromatic N) is 4. The Morgan fingerprint density at radius 3 is 1.52 bits per heavy atom. The van der Waals surface area contributed by atoms with Gasteiger partial charge in [-0.15, -0.1) is 0 Å². The summed E-state index contributed by atoms with van der Waals surface area (Å²) in [7, 11) is 1.63. The highest BCUT2D eigenvalue weighted by Crippen LogP contribution is 2.24. The van der Waals surface area contributed by atoms with Crippen molar-refractivity contribution in [2.75, 3.05) is 23.1 Å². The largest absolute Gasteiger partial charge is 0.508 e. The predicted molar refractivity (Wildman–Crippen MR) is 158 cm³/mol. The summed E-state index contributed by atoms with van der Waals surface area (Å²) >= 11 is 5.81. The molecule has 11 heteroatoms. The molecule has 0 saturated heterocycles. The van der Waals surface area contributed by atoms with E-state index in [0.717, 1.165) is 22.8 Å². The zero-order valence-electron chi connectivity index (χ0n) is 22.1. The summed E-state index contributed by atoms with van der Waals surface area (Å²) in [4.78, 5) is 16.9. The molecule has 0 atom stereocenters. The van der Waals surface area contributed by atoms with Crippen LogP contribution in [0.25, 0.3) is 0 Å². The molecule has 0 bridgehead atoms. The Bertz CT molecular complexity index is 1580. The molecule has 5 N–H and O–H groups in total. The number of aromatic hydroxyl groups is 2. The van der Waals surface area contributed by atoms with E-state index < -0.39 is 0 Å². The first-order valence-corrected chi connectivity index (χ1v) is 12.5. The molecule has 0 saturated carbocycles. The van der Waals surface area contributed by atoms with Crippen LogP contribution in [0.2, 0.25) is 5.15 Å². The fourth-order valence-electron chi connectivity index (χ4n) is 3.60. The van der Waals surface area contributed by atoms with Crippen LogP contribution in [0.5, 0.6) is 17.2 Å². The standard InChI is InChI=1S/C18H18N4O2.C11H10ClN3O/c1-12-19-17(21-13-5-3-7-15(23)9-13)11-18(20-12)22-14-6-4-8-16(10-14)24-2;1-7-13-10(12)6-11(14-7)15-8-3-2-4-9(16)5-8/h3-11,23H,1-2H3,(H2,19,20,21,22);2-6,16H,1H3,(H,13,14,15). The third-order valence-electron chi connectivity index (χ3n) is 5.22. The number of ether oxygens (including phenoxy) is 1. The Morgan fingerprint density at radius 1 is 0.600 bits per heavy atom. The minimum absolute atomic E-state index is 0.195. The predicted octanol–water partition coefficient (Wildman–Crippen LogP) is 6.87. The summed E-state index contributed by atoms with van der Waals surface area (Å²) in [5, 5.41) is 28.7. The maximum atomic E-state index is 9.55. The Labute approximate surface area is 236 Å². The number of hydrogen-bond acceptors (Lipinski definition) is 10. The summed E-state index contributed by atoms with van der Waals surface area (Å²) < 4.78 is 5.22.